The van der Waals surface area contributed by atoms with Gasteiger partial charge >= 0.3 is 5.97 Å². The standard InChI is InChI=1S/C29H39NO5/c1-18-9-7-13-22(31)15-16-25(32)35-29-23(14-8-10-18)27(33)20(3)19(2)26(29)24(30-28(29)34)17-21-11-5-4-6-12-21/h4-6,8,11-12,14,18-19,22-24,26-27,31,33H,3,7,9-10,13,15-17H2,1-2H3,(H,30,34)/t18-,19-,22-,23+,24+,26+,27-,29-/m1/s1. The molecule has 3 aliphatic rings. The van der Waals surface area contributed by atoms with E-state index in [4.69, 9.17) is 4.74 Å². The number of hydrogen-bond donors (Lipinski definition) is 3. The van der Waals surface area contributed by atoms with Gasteiger partial charge in [0.2, 0.25) is 5.60 Å². The first kappa shape index (κ1) is 25.6. The highest BCUT2D eigenvalue weighted by Crippen LogP contribution is 2.52. The van der Waals surface area contributed by atoms with Gasteiger partial charge < -0.3 is 20.3 Å². The van der Waals surface area contributed by atoms with E-state index in [0.717, 1.165) is 24.8 Å². The van der Waals surface area contributed by atoms with E-state index in [1.165, 1.54) is 0 Å². The number of hydrogen-bond acceptors (Lipinski definition) is 5. The van der Waals surface area contributed by atoms with Crippen LogP contribution in [0.15, 0.2) is 54.6 Å². The maximum Gasteiger partial charge on any atom is 0.306 e. The molecule has 1 aromatic rings. The van der Waals surface area contributed by atoms with Crippen molar-refractivity contribution in [3.8, 4) is 0 Å². The lowest BCUT2D eigenvalue weighted by Gasteiger charge is -2.49. The fourth-order valence-electron chi connectivity index (χ4n) is 6.30. The lowest BCUT2D eigenvalue weighted by Crippen LogP contribution is -2.61. The molecule has 2 fully saturated rings. The molecule has 2 heterocycles. The van der Waals surface area contributed by atoms with E-state index in [1.54, 1.807) is 0 Å². The van der Waals surface area contributed by atoms with Gasteiger partial charge in [0.1, 0.15) is 0 Å². The SMILES string of the molecule is C=C1[C@@H](C)[C@H]2[C@H](Cc3ccccc3)NC(=O)[C@]23OC(=O)CC[C@H](O)CCC[C@@H](C)CC=C[C@H]3[C@@H]1O. The highest BCUT2D eigenvalue weighted by atomic mass is 16.6. The smallest absolute Gasteiger partial charge is 0.306 e. The quantitative estimate of drug-likeness (QED) is 0.442. The van der Waals surface area contributed by atoms with Gasteiger partial charge in [0, 0.05) is 18.4 Å². The molecule has 4 rings (SSSR count). The maximum atomic E-state index is 13.8. The molecule has 3 N–H and O–H groups in total. The number of carbonyl (C=O) groups is 2. The predicted molar refractivity (Wildman–Crippen MR) is 134 cm³/mol. The number of carbonyl (C=O) groups excluding carboxylic acids is 2. The average Bonchev–Trinajstić information content (AvgIpc) is 3.09. The summed E-state index contributed by atoms with van der Waals surface area (Å²) < 4.78 is 6.14. The minimum absolute atomic E-state index is 0.0314. The second-order valence-electron chi connectivity index (χ2n) is 10.8. The first-order valence-corrected chi connectivity index (χ1v) is 13.0. The van der Waals surface area contributed by atoms with Crippen LogP contribution in [0.3, 0.4) is 0 Å². The van der Waals surface area contributed by atoms with Crippen LogP contribution >= 0.6 is 0 Å². The molecule has 6 nitrogen and oxygen atoms in total. The number of ether oxygens (including phenoxy) is 1. The molecule has 1 saturated carbocycles. The highest BCUT2D eigenvalue weighted by molar-refractivity contribution is 5.92. The fourth-order valence-corrected chi connectivity index (χ4v) is 6.30. The summed E-state index contributed by atoms with van der Waals surface area (Å²) >= 11 is 0. The number of benzene rings is 1. The number of esters is 1. The molecule has 35 heavy (non-hydrogen) atoms. The highest BCUT2D eigenvalue weighted by Gasteiger charge is 2.67. The van der Waals surface area contributed by atoms with E-state index < -0.39 is 29.7 Å². The Morgan fingerprint density at radius 3 is 2.60 bits per heavy atom. The molecular weight excluding hydrogens is 442 g/mol. The van der Waals surface area contributed by atoms with E-state index in [-0.39, 0.29) is 30.2 Å². The van der Waals surface area contributed by atoms with Gasteiger partial charge in [0.25, 0.3) is 5.91 Å². The fraction of sp³-hybridized carbons (Fsp3) is 0.586. The van der Waals surface area contributed by atoms with E-state index in [0.29, 0.717) is 30.8 Å². The molecule has 2 aliphatic heterocycles. The van der Waals surface area contributed by atoms with Crippen molar-refractivity contribution < 1.29 is 24.5 Å². The topological polar surface area (TPSA) is 95.9 Å². The van der Waals surface area contributed by atoms with Crippen LogP contribution in [0.1, 0.15) is 57.9 Å². The Balaban J connectivity index is 1.75. The van der Waals surface area contributed by atoms with Gasteiger partial charge in [-0.3, -0.25) is 9.59 Å². The Kier molecular flexibility index (Phi) is 7.82. The van der Waals surface area contributed by atoms with Crippen LogP contribution in [0, 0.1) is 23.7 Å². The first-order chi connectivity index (χ1) is 16.7. The number of amides is 1. The van der Waals surface area contributed by atoms with Crippen LogP contribution < -0.4 is 5.32 Å². The largest absolute Gasteiger partial charge is 0.448 e. The summed E-state index contributed by atoms with van der Waals surface area (Å²) in [4.78, 5) is 26.9. The van der Waals surface area contributed by atoms with Crippen molar-refractivity contribution in [2.75, 3.05) is 0 Å². The number of nitrogens with one attached hydrogen (secondary N) is 1. The Bertz CT molecular complexity index is 959. The molecular formula is C29H39NO5. The Morgan fingerprint density at radius 2 is 1.86 bits per heavy atom. The Hall–Kier alpha value is -2.44. The summed E-state index contributed by atoms with van der Waals surface area (Å²) in [5.74, 6) is -1.80. The second kappa shape index (κ2) is 10.7. The summed E-state index contributed by atoms with van der Waals surface area (Å²) in [6.07, 6.45) is 6.53. The molecule has 1 aromatic carbocycles. The van der Waals surface area contributed by atoms with Crippen molar-refractivity contribution in [3.63, 3.8) is 0 Å². The number of aliphatic hydroxyl groups excluding tert-OH is 2. The molecule has 8 atom stereocenters. The number of aliphatic hydroxyl groups is 2. The van der Waals surface area contributed by atoms with Crippen molar-refractivity contribution in [1.82, 2.24) is 5.32 Å². The third kappa shape index (κ3) is 5.10. The van der Waals surface area contributed by atoms with Crippen LogP contribution in [0.5, 0.6) is 0 Å². The lowest BCUT2D eigenvalue weighted by molar-refractivity contribution is -0.187. The van der Waals surface area contributed by atoms with Crippen LogP contribution in [0.25, 0.3) is 0 Å². The van der Waals surface area contributed by atoms with Gasteiger partial charge in [0.15, 0.2) is 0 Å². The second-order valence-corrected chi connectivity index (χ2v) is 10.8. The van der Waals surface area contributed by atoms with Crippen LogP contribution in [0.2, 0.25) is 0 Å². The Labute approximate surface area is 208 Å². The van der Waals surface area contributed by atoms with Crippen LogP contribution in [0.4, 0.5) is 0 Å². The van der Waals surface area contributed by atoms with Crippen LogP contribution in [-0.4, -0.2) is 45.9 Å². The summed E-state index contributed by atoms with van der Waals surface area (Å²) in [5, 5.41) is 24.8. The third-order valence-corrected chi connectivity index (χ3v) is 8.32. The van der Waals surface area contributed by atoms with Gasteiger partial charge in [-0.05, 0) is 48.7 Å². The van der Waals surface area contributed by atoms with E-state index in [1.807, 2.05) is 49.4 Å². The predicted octanol–water partition coefficient (Wildman–Crippen LogP) is 3.72. The van der Waals surface area contributed by atoms with E-state index in [2.05, 4.69) is 18.8 Å². The molecule has 0 unspecified atom stereocenters. The normalized spacial score (nSPS) is 38.6. The summed E-state index contributed by atoms with van der Waals surface area (Å²) in [7, 11) is 0. The zero-order valence-electron chi connectivity index (χ0n) is 20.9. The monoisotopic (exact) mass is 481 g/mol. The van der Waals surface area contributed by atoms with Crippen molar-refractivity contribution in [2.24, 2.45) is 23.7 Å². The maximum absolute atomic E-state index is 13.8. The van der Waals surface area contributed by atoms with Crippen LogP contribution in [-0.2, 0) is 20.7 Å². The minimum Gasteiger partial charge on any atom is -0.448 e. The van der Waals surface area contributed by atoms with Crippen molar-refractivity contribution in [3.05, 3.63) is 60.2 Å². The zero-order valence-corrected chi connectivity index (χ0v) is 20.9. The van der Waals surface area contributed by atoms with Crippen molar-refractivity contribution >= 4 is 11.9 Å². The first-order valence-electron chi connectivity index (χ1n) is 13.0. The summed E-state index contributed by atoms with van der Waals surface area (Å²) in [6, 6.07) is 9.66. The zero-order chi connectivity index (χ0) is 25.2. The summed E-state index contributed by atoms with van der Waals surface area (Å²) in [6.45, 7) is 8.32. The molecule has 1 spiro atoms. The lowest BCUT2D eigenvalue weighted by atomic mass is 9.59. The minimum atomic E-state index is -1.52. The molecule has 190 valence electrons. The molecule has 0 aromatic heterocycles. The van der Waals surface area contributed by atoms with Gasteiger partial charge in [-0.1, -0.05) is 75.8 Å². The van der Waals surface area contributed by atoms with Crippen molar-refractivity contribution in [1.29, 1.82) is 0 Å². The van der Waals surface area contributed by atoms with E-state index in [9.17, 15) is 19.8 Å². The molecule has 0 radical (unpaired) electrons. The van der Waals surface area contributed by atoms with E-state index >= 15 is 0 Å². The molecule has 1 aliphatic carbocycles. The third-order valence-electron chi connectivity index (χ3n) is 8.32. The molecule has 0 bridgehead atoms. The molecule has 1 saturated heterocycles. The number of rotatable bonds is 2. The molecule has 6 heteroatoms. The van der Waals surface area contributed by atoms with Crippen molar-refractivity contribution in [2.45, 2.75) is 82.6 Å². The molecule has 1 amide bonds. The average molecular weight is 482 g/mol. The van der Waals surface area contributed by atoms with Gasteiger partial charge in [-0.25, -0.2) is 0 Å². The summed E-state index contributed by atoms with van der Waals surface area (Å²) in [5.41, 5.74) is 0.219. The van der Waals surface area contributed by atoms with Gasteiger partial charge in [0.05, 0.1) is 18.1 Å². The Morgan fingerprint density at radius 1 is 1.11 bits per heavy atom. The van der Waals surface area contributed by atoms with Gasteiger partial charge in [-0.15, -0.1) is 0 Å². The van der Waals surface area contributed by atoms with Gasteiger partial charge in [-0.2, -0.15) is 0 Å². The number of allylic oxidation sites excluding steroid dienone is 1.